The molecule has 1 aromatic carbocycles. The van der Waals surface area contributed by atoms with Crippen LogP contribution in [0.1, 0.15) is 29.0 Å². The van der Waals surface area contributed by atoms with Crippen molar-refractivity contribution in [1.29, 1.82) is 0 Å². The van der Waals surface area contributed by atoms with Crippen LogP contribution in [0.25, 0.3) is 11.3 Å². The van der Waals surface area contributed by atoms with Crippen molar-refractivity contribution in [2.24, 2.45) is 11.7 Å². The van der Waals surface area contributed by atoms with Gasteiger partial charge in [0, 0.05) is 18.7 Å². The van der Waals surface area contributed by atoms with Crippen LogP contribution in [-0.4, -0.2) is 47.5 Å². The van der Waals surface area contributed by atoms with Crippen molar-refractivity contribution >= 4 is 17.8 Å². The number of benzene rings is 1. The SMILES string of the molecule is Cc1onc(-c2ccccc2)c1C(=O)OCC(=O)N1CCC[C@@H](C(N)=O)C1. The third-order valence-electron chi connectivity index (χ3n) is 4.62. The van der Waals surface area contributed by atoms with Crippen LogP contribution in [0.3, 0.4) is 0 Å². The average molecular weight is 371 g/mol. The topological polar surface area (TPSA) is 116 Å². The maximum absolute atomic E-state index is 12.5. The number of carbonyl (C=O) groups is 3. The molecule has 0 bridgehead atoms. The number of aryl methyl sites for hydroxylation is 1. The number of piperidine rings is 1. The van der Waals surface area contributed by atoms with E-state index in [4.69, 9.17) is 15.0 Å². The molecule has 1 atom stereocenters. The third-order valence-corrected chi connectivity index (χ3v) is 4.62. The van der Waals surface area contributed by atoms with Crippen LogP contribution in [-0.2, 0) is 14.3 Å². The molecule has 27 heavy (non-hydrogen) atoms. The van der Waals surface area contributed by atoms with Gasteiger partial charge in [-0.3, -0.25) is 9.59 Å². The van der Waals surface area contributed by atoms with E-state index in [1.54, 1.807) is 19.1 Å². The molecule has 0 radical (unpaired) electrons. The molecule has 0 unspecified atom stereocenters. The van der Waals surface area contributed by atoms with Gasteiger partial charge in [-0.2, -0.15) is 0 Å². The maximum atomic E-state index is 12.5. The van der Waals surface area contributed by atoms with Gasteiger partial charge in [0.1, 0.15) is 17.0 Å². The van der Waals surface area contributed by atoms with Gasteiger partial charge in [0.15, 0.2) is 6.61 Å². The molecule has 142 valence electrons. The Labute approximate surface area is 156 Å². The van der Waals surface area contributed by atoms with E-state index in [9.17, 15) is 14.4 Å². The highest BCUT2D eigenvalue weighted by atomic mass is 16.5. The molecule has 2 amide bonds. The molecule has 1 aliphatic heterocycles. The molecular formula is C19H21N3O5. The van der Waals surface area contributed by atoms with Crippen LogP contribution in [0.4, 0.5) is 0 Å². The molecule has 1 saturated heterocycles. The van der Waals surface area contributed by atoms with Gasteiger partial charge in [-0.25, -0.2) is 4.79 Å². The predicted octanol–water partition coefficient (Wildman–Crippen LogP) is 1.53. The molecular weight excluding hydrogens is 350 g/mol. The number of hydrogen-bond donors (Lipinski definition) is 1. The van der Waals surface area contributed by atoms with Gasteiger partial charge in [0.05, 0.1) is 5.92 Å². The van der Waals surface area contributed by atoms with Crippen LogP contribution >= 0.6 is 0 Å². The average Bonchev–Trinajstić information content (AvgIpc) is 3.08. The molecule has 0 saturated carbocycles. The summed E-state index contributed by atoms with van der Waals surface area (Å²) in [7, 11) is 0. The summed E-state index contributed by atoms with van der Waals surface area (Å²) in [5, 5.41) is 3.93. The number of aromatic nitrogens is 1. The van der Waals surface area contributed by atoms with Crippen LogP contribution in [0.2, 0.25) is 0 Å². The molecule has 1 aliphatic rings. The lowest BCUT2D eigenvalue weighted by atomic mass is 9.97. The van der Waals surface area contributed by atoms with Crippen molar-refractivity contribution in [2.75, 3.05) is 19.7 Å². The molecule has 8 heteroatoms. The Morgan fingerprint density at radius 1 is 1.30 bits per heavy atom. The summed E-state index contributed by atoms with van der Waals surface area (Å²) in [5.74, 6) is -1.49. The zero-order valence-electron chi connectivity index (χ0n) is 15.0. The van der Waals surface area contributed by atoms with Gasteiger partial charge in [-0.05, 0) is 19.8 Å². The number of ether oxygens (including phenoxy) is 1. The molecule has 2 aromatic rings. The van der Waals surface area contributed by atoms with Crippen LogP contribution in [0.5, 0.6) is 0 Å². The molecule has 8 nitrogen and oxygen atoms in total. The van der Waals surface area contributed by atoms with E-state index in [-0.39, 0.29) is 23.9 Å². The number of esters is 1. The third kappa shape index (κ3) is 4.16. The zero-order chi connectivity index (χ0) is 19.4. The molecule has 0 spiro atoms. The predicted molar refractivity (Wildman–Crippen MR) is 95.5 cm³/mol. The monoisotopic (exact) mass is 371 g/mol. The molecule has 1 aromatic heterocycles. The van der Waals surface area contributed by atoms with Gasteiger partial charge >= 0.3 is 5.97 Å². The maximum Gasteiger partial charge on any atom is 0.344 e. The van der Waals surface area contributed by atoms with E-state index in [1.165, 1.54) is 4.90 Å². The lowest BCUT2D eigenvalue weighted by Crippen LogP contribution is -2.45. The Kier molecular flexibility index (Phi) is 5.54. The van der Waals surface area contributed by atoms with E-state index in [1.807, 2.05) is 18.2 Å². The lowest BCUT2D eigenvalue weighted by Gasteiger charge is -2.31. The summed E-state index contributed by atoms with van der Waals surface area (Å²) in [4.78, 5) is 37.7. The Balaban J connectivity index is 1.66. The fraction of sp³-hybridized carbons (Fsp3) is 0.368. The molecule has 3 rings (SSSR count). The first kappa shape index (κ1) is 18.6. The number of primary amides is 1. The van der Waals surface area contributed by atoms with Crippen LogP contribution in [0.15, 0.2) is 34.9 Å². The number of rotatable bonds is 5. The summed E-state index contributed by atoms with van der Waals surface area (Å²) in [5.41, 5.74) is 6.61. The zero-order valence-corrected chi connectivity index (χ0v) is 15.0. The van der Waals surface area contributed by atoms with Gasteiger partial charge in [-0.1, -0.05) is 35.5 Å². The fourth-order valence-electron chi connectivity index (χ4n) is 3.13. The Bertz CT molecular complexity index is 846. The highest BCUT2D eigenvalue weighted by molar-refractivity contribution is 5.98. The number of nitrogens with two attached hydrogens (primary N) is 1. The Morgan fingerprint density at radius 3 is 2.74 bits per heavy atom. The minimum absolute atomic E-state index is 0.197. The summed E-state index contributed by atoms with van der Waals surface area (Å²) in [6.45, 7) is 1.97. The van der Waals surface area contributed by atoms with Crippen molar-refractivity contribution < 1.29 is 23.6 Å². The largest absolute Gasteiger partial charge is 0.452 e. The van der Waals surface area contributed by atoms with E-state index in [0.717, 1.165) is 0 Å². The highest BCUT2D eigenvalue weighted by Crippen LogP contribution is 2.25. The van der Waals surface area contributed by atoms with Crippen molar-refractivity contribution in [2.45, 2.75) is 19.8 Å². The fourth-order valence-corrected chi connectivity index (χ4v) is 3.13. The van der Waals surface area contributed by atoms with Gasteiger partial charge in [-0.15, -0.1) is 0 Å². The van der Waals surface area contributed by atoms with Gasteiger partial charge in [0.25, 0.3) is 5.91 Å². The highest BCUT2D eigenvalue weighted by Gasteiger charge is 2.28. The quantitative estimate of drug-likeness (QED) is 0.797. The van der Waals surface area contributed by atoms with E-state index < -0.39 is 18.5 Å². The van der Waals surface area contributed by atoms with Gasteiger partial charge < -0.3 is 19.9 Å². The van der Waals surface area contributed by atoms with Crippen LogP contribution in [0, 0.1) is 12.8 Å². The molecule has 1 fully saturated rings. The Hall–Kier alpha value is -3.16. The first-order chi connectivity index (χ1) is 13.0. The molecule has 0 aliphatic carbocycles. The Morgan fingerprint density at radius 2 is 2.04 bits per heavy atom. The minimum atomic E-state index is -0.676. The molecule has 2 N–H and O–H groups in total. The van der Waals surface area contributed by atoms with Crippen molar-refractivity contribution in [1.82, 2.24) is 10.1 Å². The van der Waals surface area contributed by atoms with E-state index >= 15 is 0 Å². The minimum Gasteiger partial charge on any atom is -0.452 e. The second-order valence-corrected chi connectivity index (χ2v) is 6.49. The lowest BCUT2D eigenvalue weighted by molar-refractivity contribution is -0.137. The van der Waals surface area contributed by atoms with Crippen molar-refractivity contribution in [3.8, 4) is 11.3 Å². The smallest absolute Gasteiger partial charge is 0.344 e. The number of carbonyl (C=O) groups excluding carboxylic acids is 3. The standard InChI is InChI=1S/C19H21N3O5/c1-12-16(17(21-27-12)13-6-3-2-4-7-13)19(25)26-11-15(23)22-9-5-8-14(10-22)18(20)24/h2-4,6-7,14H,5,8-11H2,1H3,(H2,20,24)/t14-/m1/s1. The second-order valence-electron chi connectivity index (χ2n) is 6.49. The van der Waals surface area contributed by atoms with Gasteiger partial charge in [0.2, 0.25) is 5.91 Å². The van der Waals surface area contributed by atoms with E-state index in [2.05, 4.69) is 5.16 Å². The molecule has 2 heterocycles. The first-order valence-corrected chi connectivity index (χ1v) is 8.73. The number of hydrogen-bond acceptors (Lipinski definition) is 6. The van der Waals surface area contributed by atoms with Crippen molar-refractivity contribution in [3.05, 3.63) is 41.7 Å². The van der Waals surface area contributed by atoms with Crippen molar-refractivity contribution in [3.63, 3.8) is 0 Å². The van der Waals surface area contributed by atoms with E-state index in [0.29, 0.717) is 36.4 Å². The van der Waals surface area contributed by atoms with Crippen LogP contribution < -0.4 is 5.73 Å². The summed E-state index contributed by atoms with van der Waals surface area (Å²) in [6, 6.07) is 9.10. The number of amides is 2. The summed E-state index contributed by atoms with van der Waals surface area (Å²) < 4.78 is 10.3. The number of likely N-dealkylation sites (tertiary alicyclic amines) is 1. The second kappa shape index (κ2) is 8.03. The number of nitrogens with zero attached hydrogens (tertiary/aromatic N) is 2. The normalized spacial score (nSPS) is 16.8. The first-order valence-electron chi connectivity index (χ1n) is 8.73. The summed E-state index contributed by atoms with van der Waals surface area (Å²) in [6.07, 6.45) is 1.36. The summed E-state index contributed by atoms with van der Waals surface area (Å²) >= 11 is 0.